The molecule has 0 saturated carbocycles. The van der Waals surface area contributed by atoms with Crippen molar-refractivity contribution in [2.75, 3.05) is 26.7 Å². The van der Waals surface area contributed by atoms with E-state index in [2.05, 4.69) is 39.1 Å². The molecule has 1 aliphatic heterocycles. The zero-order valence-electron chi connectivity index (χ0n) is 16.4. The molecular formula is C21H21Cl2N5O2. The molecule has 1 aliphatic rings. The zero-order chi connectivity index (χ0) is 21.3. The number of aromatic nitrogens is 3. The van der Waals surface area contributed by atoms with Gasteiger partial charge in [0, 0.05) is 42.3 Å². The second kappa shape index (κ2) is 8.73. The van der Waals surface area contributed by atoms with Crippen LogP contribution in [0.2, 0.25) is 10.0 Å². The molecular weight excluding hydrogens is 425 g/mol. The molecule has 2 heterocycles. The van der Waals surface area contributed by atoms with Crippen molar-refractivity contribution in [2.24, 2.45) is 0 Å². The summed E-state index contributed by atoms with van der Waals surface area (Å²) in [4.78, 5) is 30.1. The van der Waals surface area contributed by atoms with Gasteiger partial charge in [0.1, 0.15) is 6.20 Å². The Morgan fingerprint density at radius 1 is 1.10 bits per heavy atom. The van der Waals surface area contributed by atoms with Gasteiger partial charge in [0.05, 0.1) is 5.69 Å². The minimum atomic E-state index is -0.604. The van der Waals surface area contributed by atoms with Gasteiger partial charge in [-0.1, -0.05) is 41.4 Å². The quantitative estimate of drug-likeness (QED) is 0.667. The van der Waals surface area contributed by atoms with E-state index < -0.39 is 11.2 Å². The van der Waals surface area contributed by atoms with E-state index in [1.807, 2.05) is 18.2 Å². The summed E-state index contributed by atoms with van der Waals surface area (Å²) in [5, 5.41) is 5.14. The SMILES string of the molecule is CN1CCN(Cc2ccc(-n3ncc(=O)[nH]c3=O)cc2Cl)C(c2ccc(Cl)cc2)C1. The highest BCUT2D eigenvalue weighted by Gasteiger charge is 2.27. The molecule has 0 spiro atoms. The summed E-state index contributed by atoms with van der Waals surface area (Å²) < 4.78 is 1.11. The molecule has 1 N–H and O–H groups in total. The minimum Gasteiger partial charge on any atom is -0.303 e. The van der Waals surface area contributed by atoms with E-state index in [0.717, 1.165) is 41.1 Å². The van der Waals surface area contributed by atoms with Gasteiger partial charge >= 0.3 is 5.69 Å². The number of nitrogens with one attached hydrogen (secondary N) is 1. The summed E-state index contributed by atoms with van der Waals surface area (Å²) >= 11 is 12.6. The largest absolute Gasteiger partial charge is 0.349 e. The van der Waals surface area contributed by atoms with Gasteiger partial charge in [-0.05, 0) is 42.4 Å². The number of likely N-dealkylation sites (N-methyl/N-ethyl adjacent to an activating group) is 1. The Bertz CT molecular complexity index is 1160. The van der Waals surface area contributed by atoms with Crippen molar-refractivity contribution in [1.29, 1.82) is 0 Å². The molecule has 1 fully saturated rings. The van der Waals surface area contributed by atoms with E-state index in [0.29, 0.717) is 17.3 Å². The van der Waals surface area contributed by atoms with E-state index in [9.17, 15) is 9.59 Å². The summed E-state index contributed by atoms with van der Waals surface area (Å²) in [5.41, 5.74) is 1.53. The van der Waals surface area contributed by atoms with Crippen LogP contribution in [0.5, 0.6) is 0 Å². The highest BCUT2D eigenvalue weighted by atomic mass is 35.5. The van der Waals surface area contributed by atoms with Gasteiger partial charge < -0.3 is 4.90 Å². The number of H-pyrrole nitrogens is 1. The molecule has 0 aliphatic carbocycles. The second-order valence-corrected chi connectivity index (χ2v) is 8.27. The van der Waals surface area contributed by atoms with Crippen molar-refractivity contribution in [3.63, 3.8) is 0 Å². The Balaban J connectivity index is 1.60. The van der Waals surface area contributed by atoms with Gasteiger partial charge in [0.2, 0.25) is 0 Å². The molecule has 4 rings (SSSR count). The van der Waals surface area contributed by atoms with E-state index in [-0.39, 0.29) is 6.04 Å². The minimum absolute atomic E-state index is 0.222. The first kappa shape index (κ1) is 20.8. The lowest BCUT2D eigenvalue weighted by Crippen LogP contribution is -2.46. The smallest absolute Gasteiger partial charge is 0.303 e. The highest BCUT2D eigenvalue weighted by Crippen LogP contribution is 2.29. The molecule has 156 valence electrons. The van der Waals surface area contributed by atoms with Crippen LogP contribution < -0.4 is 11.2 Å². The summed E-state index contributed by atoms with van der Waals surface area (Å²) in [6.45, 7) is 3.46. The molecule has 0 bridgehead atoms. The number of piperazine rings is 1. The van der Waals surface area contributed by atoms with E-state index in [1.165, 1.54) is 5.56 Å². The summed E-state index contributed by atoms with van der Waals surface area (Å²) in [6.07, 6.45) is 1.06. The summed E-state index contributed by atoms with van der Waals surface area (Å²) in [6, 6.07) is 13.6. The molecule has 1 aromatic heterocycles. The van der Waals surface area contributed by atoms with Crippen molar-refractivity contribution in [3.8, 4) is 5.69 Å². The predicted molar refractivity (Wildman–Crippen MR) is 118 cm³/mol. The summed E-state index contributed by atoms with van der Waals surface area (Å²) in [5.74, 6) is 0. The van der Waals surface area contributed by atoms with Crippen LogP contribution in [0.3, 0.4) is 0 Å². The fourth-order valence-corrected chi connectivity index (χ4v) is 4.06. The van der Waals surface area contributed by atoms with Crippen molar-refractivity contribution >= 4 is 23.2 Å². The van der Waals surface area contributed by atoms with Crippen LogP contribution in [0.1, 0.15) is 17.2 Å². The fourth-order valence-electron chi connectivity index (χ4n) is 3.70. The van der Waals surface area contributed by atoms with Gasteiger partial charge in [-0.2, -0.15) is 9.78 Å². The maximum Gasteiger partial charge on any atom is 0.349 e. The maximum absolute atomic E-state index is 12.0. The predicted octanol–water partition coefficient (Wildman–Crippen LogP) is 2.72. The molecule has 7 nitrogen and oxygen atoms in total. The first-order chi connectivity index (χ1) is 14.4. The highest BCUT2D eigenvalue weighted by molar-refractivity contribution is 6.31. The van der Waals surface area contributed by atoms with Crippen molar-refractivity contribution in [1.82, 2.24) is 24.6 Å². The number of hydrogen-bond acceptors (Lipinski definition) is 5. The molecule has 30 heavy (non-hydrogen) atoms. The molecule has 0 radical (unpaired) electrons. The molecule has 1 atom stereocenters. The van der Waals surface area contributed by atoms with E-state index in [1.54, 1.807) is 12.1 Å². The van der Waals surface area contributed by atoms with Crippen molar-refractivity contribution in [3.05, 3.63) is 90.7 Å². The maximum atomic E-state index is 12.0. The lowest BCUT2D eigenvalue weighted by molar-refractivity contribution is 0.0834. The number of benzene rings is 2. The molecule has 1 unspecified atom stereocenters. The third kappa shape index (κ3) is 4.49. The Kier molecular flexibility index (Phi) is 6.06. The normalized spacial score (nSPS) is 17.9. The number of rotatable bonds is 4. The van der Waals surface area contributed by atoms with E-state index in [4.69, 9.17) is 23.2 Å². The Hall–Kier alpha value is -2.45. The number of nitrogens with zero attached hydrogens (tertiary/aromatic N) is 4. The molecule has 1 saturated heterocycles. The van der Waals surface area contributed by atoms with E-state index >= 15 is 0 Å². The van der Waals surface area contributed by atoms with Gasteiger partial charge in [0.15, 0.2) is 0 Å². The molecule has 9 heteroatoms. The van der Waals surface area contributed by atoms with Crippen LogP contribution in [-0.2, 0) is 6.54 Å². The Morgan fingerprint density at radius 2 is 1.87 bits per heavy atom. The van der Waals surface area contributed by atoms with Crippen LogP contribution in [0.15, 0.2) is 58.3 Å². The number of halogens is 2. The topological polar surface area (TPSA) is 74.2 Å². The van der Waals surface area contributed by atoms with Crippen LogP contribution in [0, 0.1) is 0 Å². The first-order valence-electron chi connectivity index (χ1n) is 9.56. The van der Waals surface area contributed by atoms with Crippen LogP contribution in [0.4, 0.5) is 0 Å². The number of aromatic amines is 1. The zero-order valence-corrected chi connectivity index (χ0v) is 17.9. The summed E-state index contributed by atoms with van der Waals surface area (Å²) in [7, 11) is 2.12. The molecule has 0 amide bonds. The van der Waals surface area contributed by atoms with Gasteiger partial charge in [-0.25, -0.2) is 4.79 Å². The van der Waals surface area contributed by atoms with Crippen LogP contribution in [-0.4, -0.2) is 51.2 Å². The van der Waals surface area contributed by atoms with Gasteiger partial charge in [-0.15, -0.1) is 0 Å². The Morgan fingerprint density at radius 3 is 2.57 bits per heavy atom. The average Bonchev–Trinajstić information content (AvgIpc) is 2.71. The van der Waals surface area contributed by atoms with Crippen molar-refractivity contribution < 1.29 is 0 Å². The molecule has 3 aromatic rings. The third-order valence-electron chi connectivity index (χ3n) is 5.32. The lowest BCUT2D eigenvalue weighted by Gasteiger charge is -2.40. The third-order valence-corrected chi connectivity index (χ3v) is 5.92. The second-order valence-electron chi connectivity index (χ2n) is 7.43. The van der Waals surface area contributed by atoms with Gasteiger partial charge in [-0.3, -0.25) is 14.7 Å². The fraction of sp³-hybridized carbons (Fsp3) is 0.286. The first-order valence-corrected chi connectivity index (χ1v) is 10.3. The average molecular weight is 446 g/mol. The lowest BCUT2D eigenvalue weighted by atomic mass is 10.0. The van der Waals surface area contributed by atoms with Crippen LogP contribution >= 0.6 is 23.2 Å². The Labute approximate surface area is 183 Å². The standard InChI is InChI=1S/C21H21Cl2N5O2/c1-26-8-9-27(19(13-26)14-2-5-16(22)6-3-14)12-15-4-7-17(10-18(15)23)28-21(30)25-20(29)11-24-28/h2-7,10-11,19H,8-9,12-13H2,1H3,(H,25,29,30). The van der Waals surface area contributed by atoms with Crippen LogP contribution in [0.25, 0.3) is 5.69 Å². The number of hydrogen-bond donors (Lipinski definition) is 1. The van der Waals surface area contributed by atoms with Crippen molar-refractivity contribution in [2.45, 2.75) is 12.6 Å². The molecule has 2 aromatic carbocycles. The monoisotopic (exact) mass is 445 g/mol. The van der Waals surface area contributed by atoms with Gasteiger partial charge in [0.25, 0.3) is 5.56 Å².